The molecule has 6 heteroatoms. The number of benzene rings is 2. The highest BCUT2D eigenvalue weighted by Gasteiger charge is 2.31. The van der Waals surface area contributed by atoms with E-state index in [0.29, 0.717) is 22.2 Å². The summed E-state index contributed by atoms with van der Waals surface area (Å²) in [7, 11) is 0. The van der Waals surface area contributed by atoms with Crippen molar-refractivity contribution in [3.8, 4) is 0 Å². The molecule has 1 N–H and O–H groups in total. The maximum Gasteiger partial charge on any atom is 0.275 e. The Kier molecular flexibility index (Phi) is 3.46. The van der Waals surface area contributed by atoms with E-state index >= 15 is 0 Å². The van der Waals surface area contributed by atoms with E-state index in [-0.39, 0.29) is 23.3 Å². The van der Waals surface area contributed by atoms with E-state index in [4.69, 9.17) is 11.6 Å². The SMILES string of the molecule is CC1CC(Nc2ccc(Cl)cc2)n2c(=O)c3ccccc3c(=O)n21. The first kappa shape index (κ1) is 15.0. The zero-order valence-corrected chi connectivity index (χ0v) is 13.8. The van der Waals surface area contributed by atoms with Crippen LogP contribution in [0.1, 0.15) is 25.6 Å². The zero-order chi connectivity index (χ0) is 16.8. The van der Waals surface area contributed by atoms with Gasteiger partial charge in [0, 0.05) is 17.1 Å². The molecule has 0 amide bonds. The lowest BCUT2D eigenvalue weighted by Crippen LogP contribution is -2.38. The molecule has 0 radical (unpaired) electrons. The van der Waals surface area contributed by atoms with Gasteiger partial charge in [-0.25, -0.2) is 9.36 Å². The smallest absolute Gasteiger partial charge is 0.275 e. The summed E-state index contributed by atoms with van der Waals surface area (Å²) in [6.07, 6.45) is 0.389. The maximum absolute atomic E-state index is 12.9. The van der Waals surface area contributed by atoms with Gasteiger partial charge in [0.1, 0.15) is 6.17 Å². The first-order valence-corrected chi connectivity index (χ1v) is 8.22. The first-order valence-electron chi connectivity index (χ1n) is 7.84. The van der Waals surface area contributed by atoms with Gasteiger partial charge in [-0.3, -0.25) is 9.59 Å². The molecule has 2 heterocycles. The van der Waals surface area contributed by atoms with Crippen molar-refractivity contribution in [3.63, 3.8) is 0 Å². The monoisotopic (exact) mass is 341 g/mol. The molecule has 5 nitrogen and oxygen atoms in total. The number of rotatable bonds is 2. The molecule has 122 valence electrons. The van der Waals surface area contributed by atoms with E-state index in [1.165, 1.54) is 0 Å². The highest BCUT2D eigenvalue weighted by atomic mass is 35.5. The van der Waals surface area contributed by atoms with Crippen molar-refractivity contribution >= 4 is 28.1 Å². The number of fused-ring (bicyclic) bond motifs is 2. The van der Waals surface area contributed by atoms with E-state index in [2.05, 4.69) is 5.32 Å². The topological polar surface area (TPSA) is 56.0 Å². The number of nitrogens with zero attached hydrogens (tertiary/aromatic N) is 2. The van der Waals surface area contributed by atoms with Gasteiger partial charge < -0.3 is 5.32 Å². The molecule has 3 aromatic rings. The fourth-order valence-corrected chi connectivity index (χ4v) is 3.51. The van der Waals surface area contributed by atoms with E-state index in [0.717, 1.165) is 5.69 Å². The summed E-state index contributed by atoms with van der Waals surface area (Å²) in [5, 5.41) is 4.91. The van der Waals surface area contributed by atoms with Crippen molar-refractivity contribution in [2.75, 3.05) is 5.32 Å². The second-order valence-corrected chi connectivity index (χ2v) is 6.53. The van der Waals surface area contributed by atoms with Gasteiger partial charge in [-0.15, -0.1) is 0 Å². The van der Waals surface area contributed by atoms with Gasteiger partial charge in [-0.1, -0.05) is 23.7 Å². The Bertz CT molecular complexity index is 1040. The largest absolute Gasteiger partial charge is 0.364 e. The normalized spacial score (nSPS) is 19.4. The molecule has 0 saturated carbocycles. The third-order valence-electron chi connectivity index (χ3n) is 4.49. The van der Waals surface area contributed by atoms with Crippen LogP contribution in [0.4, 0.5) is 5.69 Å². The molecular weight excluding hydrogens is 326 g/mol. The first-order chi connectivity index (χ1) is 11.6. The van der Waals surface area contributed by atoms with Crippen LogP contribution < -0.4 is 16.4 Å². The number of hydrogen-bond acceptors (Lipinski definition) is 3. The van der Waals surface area contributed by atoms with Gasteiger partial charge in [0.2, 0.25) is 0 Å². The molecule has 4 rings (SSSR count). The highest BCUT2D eigenvalue weighted by molar-refractivity contribution is 6.30. The molecule has 2 unspecified atom stereocenters. The molecule has 24 heavy (non-hydrogen) atoms. The van der Waals surface area contributed by atoms with Crippen LogP contribution in [0.3, 0.4) is 0 Å². The average Bonchev–Trinajstić information content (AvgIpc) is 2.91. The lowest BCUT2D eigenvalue weighted by molar-refractivity contribution is 0.476. The molecule has 2 atom stereocenters. The van der Waals surface area contributed by atoms with Crippen molar-refractivity contribution in [2.24, 2.45) is 0 Å². The van der Waals surface area contributed by atoms with Gasteiger partial charge >= 0.3 is 0 Å². The van der Waals surface area contributed by atoms with Crippen LogP contribution in [0.15, 0.2) is 58.1 Å². The van der Waals surface area contributed by atoms with Crippen molar-refractivity contribution in [2.45, 2.75) is 25.6 Å². The molecule has 1 aromatic heterocycles. The van der Waals surface area contributed by atoms with Gasteiger partial charge in [0.05, 0.1) is 16.8 Å². The minimum atomic E-state index is -0.272. The zero-order valence-electron chi connectivity index (χ0n) is 13.1. The molecule has 0 saturated heterocycles. The molecule has 1 aliphatic heterocycles. The van der Waals surface area contributed by atoms with Crippen LogP contribution in [0.5, 0.6) is 0 Å². The Morgan fingerprint density at radius 2 is 1.54 bits per heavy atom. The fourth-order valence-electron chi connectivity index (χ4n) is 3.38. The minimum Gasteiger partial charge on any atom is -0.364 e. The number of aromatic nitrogens is 2. The van der Waals surface area contributed by atoms with Crippen LogP contribution in [0, 0.1) is 0 Å². The van der Waals surface area contributed by atoms with Crippen LogP contribution in [0.25, 0.3) is 10.8 Å². The van der Waals surface area contributed by atoms with Crippen LogP contribution in [-0.4, -0.2) is 9.36 Å². The van der Waals surface area contributed by atoms with Gasteiger partial charge in [0.15, 0.2) is 0 Å². The van der Waals surface area contributed by atoms with Crippen molar-refractivity contribution in [1.82, 2.24) is 9.36 Å². The Hall–Kier alpha value is -2.53. The number of halogens is 1. The molecule has 0 aliphatic carbocycles. The van der Waals surface area contributed by atoms with E-state index in [9.17, 15) is 9.59 Å². The molecule has 0 fully saturated rings. The number of hydrogen-bond donors (Lipinski definition) is 1. The predicted molar refractivity (Wildman–Crippen MR) is 95.9 cm³/mol. The third kappa shape index (κ3) is 2.24. The predicted octanol–water partition coefficient (Wildman–Crippen LogP) is 3.39. The number of anilines is 1. The van der Waals surface area contributed by atoms with Crippen LogP contribution in [-0.2, 0) is 0 Å². The lowest BCUT2D eigenvalue weighted by atomic mass is 10.2. The summed E-state index contributed by atoms with van der Waals surface area (Å²) in [4.78, 5) is 25.7. The summed E-state index contributed by atoms with van der Waals surface area (Å²) in [6.45, 7) is 1.95. The summed E-state index contributed by atoms with van der Waals surface area (Å²) < 4.78 is 3.11. The average molecular weight is 342 g/mol. The minimum absolute atomic E-state index is 0.0559. The highest BCUT2D eigenvalue weighted by Crippen LogP contribution is 2.29. The Morgan fingerprint density at radius 1 is 0.958 bits per heavy atom. The van der Waals surface area contributed by atoms with E-state index in [1.807, 2.05) is 19.1 Å². The fraction of sp³-hybridized carbons (Fsp3) is 0.222. The van der Waals surface area contributed by atoms with Crippen molar-refractivity contribution in [1.29, 1.82) is 0 Å². The van der Waals surface area contributed by atoms with E-state index in [1.54, 1.807) is 45.8 Å². The van der Waals surface area contributed by atoms with Gasteiger partial charge in [-0.2, -0.15) is 0 Å². The molecule has 2 aromatic carbocycles. The Balaban J connectivity index is 1.88. The summed E-state index contributed by atoms with van der Waals surface area (Å²) in [5.74, 6) is 0. The van der Waals surface area contributed by atoms with Crippen molar-refractivity contribution < 1.29 is 0 Å². The van der Waals surface area contributed by atoms with Crippen molar-refractivity contribution in [3.05, 3.63) is 74.3 Å². The molecule has 1 aliphatic rings. The van der Waals surface area contributed by atoms with Gasteiger partial charge in [0.25, 0.3) is 11.1 Å². The van der Waals surface area contributed by atoms with Crippen LogP contribution >= 0.6 is 11.6 Å². The second-order valence-electron chi connectivity index (χ2n) is 6.10. The van der Waals surface area contributed by atoms with Crippen LogP contribution in [0.2, 0.25) is 5.02 Å². The quantitative estimate of drug-likeness (QED) is 0.777. The van der Waals surface area contributed by atoms with E-state index < -0.39 is 0 Å². The second kappa shape index (κ2) is 5.53. The maximum atomic E-state index is 12.9. The number of nitrogens with one attached hydrogen (secondary N) is 1. The molecular formula is C18H16ClN3O2. The Morgan fingerprint density at radius 3 is 2.17 bits per heavy atom. The Labute approximate surface area is 143 Å². The standard InChI is InChI=1S/C18H16ClN3O2/c1-11-10-16(20-13-8-6-12(19)7-9-13)22-18(24)15-5-3-2-4-14(15)17(23)21(11)22/h2-9,11,16,20H,10H2,1H3. The summed E-state index contributed by atoms with van der Waals surface area (Å²) >= 11 is 5.92. The molecule has 0 bridgehead atoms. The summed E-state index contributed by atoms with van der Waals surface area (Å²) in [6, 6.07) is 14.2. The summed E-state index contributed by atoms with van der Waals surface area (Å²) in [5.41, 5.74) is 0.580. The lowest BCUT2D eigenvalue weighted by Gasteiger charge is -2.18. The molecule has 0 spiro atoms. The third-order valence-corrected chi connectivity index (χ3v) is 4.74. The van der Waals surface area contributed by atoms with Gasteiger partial charge in [-0.05, 0) is 43.3 Å².